The quantitative estimate of drug-likeness (QED) is 0.157. The predicted molar refractivity (Wildman–Crippen MR) is 158 cm³/mol. The molecule has 0 unspecified atom stereocenters. The average molecular weight is 588 g/mol. The fourth-order valence-corrected chi connectivity index (χ4v) is 4.04. The number of halogens is 2. The van der Waals surface area contributed by atoms with Gasteiger partial charge in [0.2, 0.25) is 0 Å². The Morgan fingerprint density at radius 2 is 1.80 bits per heavy atom. The summed E-state index contributed by atoms with van der Waals surface area (Å²) in [4.78, 5) is 33.0. The van der Waals surface area contributed by atoms with Crippen molar-refractivity contribution in [3.8, 4) is 17.6 Å². The number of hydrazine groups is 1. The third-order valence-electron chi connectivity index (χ3n) is 5.34. The maximum absolute atomic E-state index is 12.6. The molecule has 0 radical (unpaired) electrons. The highest BCUT2D eigenvalue weighted by Gasteiger charge is 2.17. The first-order valence-corrected chi connectivity index (χ1v) is 13.3. The van der Waals surface area contributed by atoms with Crippen molar-refractivity contribution in [2.75, 3.05) is 31.3 Å². The minimum atomic E-state index is -0.565. The fourth-order valence-electron chi connectivity index (χ4n) is 3.55. The van der Waals surface area contributed by atoms with Gasteiger partial charge in [0.25, 0.3) is 0 Å². The summed E-state index contributed by atoms with van der Waals surface area (Å²) < 4.78 is 10.8. The van der Waals surface area contributed by atoms with Crippen molar-refractivity contribution in [3.05, 3.63) is 52.3 Å². The fraction of sp³-hybridized carbons (Fsp3) is 0.357. The number of para-hydroxylation sites is 1. The van der Waals surface area contributed by atoms with Gasteiger partial charge in [-0.1, -0.05) is 41.1 Å². The standard InChI is InChI=1S/C28H32Cl2N6O4/c1-28(2,3)40-27(38)35-36(4)14-9-7-6-8-11-18-15-22-19(16-23(18)39-5)25(32-17-31-22)34-26(37)33-24-20(29)12-10-13-21(24)30/h10,12-13,15-17H,6-7,9,14H2,1-5H3,(H,35,38)(H2,31,32,33,34,37). The van der Waals surface area contributed by atoms with E-state index in [-0.39, 0.29) is 5.82 Å². The molecule has 0 atom stereocenters. The lowest BCUT2D eigenvalue weighted by molar-refractivity contribution is 0.0367. The molecule has 0 aliphatic rings. The number of anilines is 2. The van der Waals surface area contributed by atoms with Crippen LogP contribution in [0.3, 0.4) is 0 Å². The van der Waals surface area contributed by atoms with Crippen LogP contribution in [-0.4, -0.2) is 53.4 Å². The maximum atomic E-state index is 12.6. The van der Waals surface area contributed by atoms with Gasteiger partial charge in [-0.25, -0.2) is 24.6 Å². The van der Waals surface area contributed by atoms with Gasteiger partial charge in [0.05, 0.1) is 33.9 Å². The lowest BCUT2D eigenvalue weighted by Gasteiger charge is -2.23. The molecule has 3 rings (SSSR count). The largest absolute Gasteiger partial charge is 0.495 e. The van der Waals surface area contributed by atoms with Gasteiger partial charge in [-0.15, -0.1) is 0 Å². The van der Waals surface area contributed by atoms with E-state index in [1.807, 2.05) is 20.8 Å². The summed E-state index contributed by atoms with van der Waals surface area (Å²) in [5.74, 6) is 7.11. The molecule has 0 saturated heterocycles. The molecule has 3 amide bonds. The monoisotopic (exact) mass is 586 g/mol. The number of rotatable bonds is 8. The second-order valence-electron chi connectivity index (χ2n) is 9.76. The number of unbranched alkanes of at least 4 members (excludes halogenated alkanes) is 2. The summed E-state index contributed by atoms with van der Waals surface area (Å²) in [7, 11) is 3.33. The number of amides is 3. The van der Waals surface area contributed by atoms with E-state index >= 15 is 0 Å². The van der Waals surface area contributed by atoms with Crippen LogP contribution in [0.15, 0.2) is 36.7 Å². The predicted octanol–water partition coefficient (Wildman–Crippen LogP) is 6.48. The maximum Gasteiger partial charge on any atom is 0.422 e. The molecule has 0 bridgehead atoms. The van der Waals surface area contributed by atoms with Gasteiger partial charge in [-0.3, -0.25) is 10.7 Å². The number of carbonyl (C=O) groups is 2. The second kappa shape index (κ2) is 14.0. The molecular formula is C28H32Cl2N6O4. The van der Waals surface area contributed by atoms with Crippen molar-refractivity contribution in [1.82, 2.24) is 20.4 Å². The number of nitrogens with one attached hydrogen (secondary N) is 3. The summed E-state index contributed by atoms with van der Waals surface area (Å²) in [5.41, 5.74) is 3.68. The number of hydrogen-bond donors (Lipinski definition) is 3. The number of aromatic nitrogens is 2. The zero-order valence-corrected chi connectivity index (χ0v) is 24.5. The minimum absolute atomic E-state index is 0.285. The highest BCUT2D eigenvalue weighted by molar-refractivity contribution is 6.39. The van der Waals surface area contributed by atoms with Crippen LogP contribution in [0.5, 0.6) is 5.75 Å². The summed E-state index contributed by atoms with van der Waals surface area (Å²) in [6, 6.07) is 7.89. The lowest BCUT2D eigenvalue weighted by Crippen LogP contribution is -2.42. The molecule has 0 aliphatic heterocycles. The Labute approximate surface area is 243 Å². The van der Waals surface area contributed by atoms with E-state index in [1.54, 1.807) is 49.5 Å². The number of ether oxygens (including phenoxy) is 2. The molecule has 0 aliphatic carbocycles. The number of benzene rings is 2. The van der Waals surface area contributed by atoms with Gasteiger partial charge >= 0.3 is 12.1 Å². The molecular weight excluding hydrogens is 555 g/mol. The third kappa shape index (κ3) is 9.16. The summed E-state index contributed by atoms with van der Waals surface area (Å²) >= 11 is 12.3. The van der Waals surface area contributed by atoms with Crippen LogP contribution in [0.1, 0.15) is 45.6 Å². The Morgan fingerprint density at radius 3 is 2.48 bits per heavy atom. The average Bonchev–Trinajstić information content (AvgIpc) is 2.87. The van der Waals surface area contributed by atoms with E-state index in [1.165, 1.54) is 6.33 Å². The molecule has 40 heavy (non-hydrogen) atoms. The smallest absolute Gasteiger partial charge is 0.422 e. The van der Waals surface area contributed by atoms with Crippen molar-refractivity contribution in [3.63, 3.8) is 0 Å². The van der Waals surface area contributed by atoms with Crippen molar-refractivity contribution < 1.29 is 19.1 Å². The Balaban J connectivity index is 1.61. The molecule has 0 fully saturated rings. The number of fused-ring (bicyclic) bond motifs is 1. The molecule has 3 N–H and O–H groups in total. The third-order valence-corrected chi connectivity index (χ3v) is 5.97. The Bertz CT molecular complexity index is 1410. The van der Waals surface area contributed by atoms with Crippen LogP contribution in [0.25, 0.3) is 10.9 Å². The first-order chi connectivity index (χ1) is 19.0. The molecule has 2 aromatic carbocycles. The van der Waals surface area contributed by atoms with Gasteiger partial charge in [0, 0.05) is 25.4 Å². The first-order valence-electron chi connectivity index (χ1n) is 12.5. The zero-order valence-electron chi connectivity index (χ0n) is 23.0. The normalized spacial score (nSPS) is 11.0. The zero-order chi connectivity index (χ0) is 29.3. The van der Waals surface area contributed by atoms with E-state index in [0.29, 0.717) is 50.9 Å². The highest BCUT2D eigenvalue weighted by Crippen LogP contribution is 2.31. The van der Waals surface area contributed by atoms with E-state index in [4.69, 9.17) is 32.7 Å². The van der Waals surface area contributed by atoms with Crippen LogP contribution in [0.4, 0.5) is 21.1 Å². The van der Waals surface area contributed by atoms with E-state index in [0.717, 1.165) is 12.8 Å². The van der Waals surface area contributed by atoms with E-state index in [2.05, 4.69) is 37.9 Å². The van der Waals surface area contributed by atoms with Gasteiger partial charge in [-0.2, -0.15) is 0 Å². The SMILES string of the molecule is COc1cc2c(NC(=O)Nc3c(Cl)cccc3Cl)ncnc2cc1C#CCCCCN(C)NC(=O)OC(C)(C)C. The van der Waals surface area contributed by atoms with Crippen molar-refractivity contribution in [2.24, 2.45) is 0 Å². The van der Waals surface area contributed by atoms with Gasteiger partial charge < -0.3 is 14.8 Å². The highest BCUT2D eigenvalue weighted by atomic mass is 35.5. The molecule has 212 valence electrons. The number of urea groups is 1. The van der Waals surface area contributed by atoms with E-state index < -0.39 is 17.7 Å². The van der Waals surface area contributed by atoms with Crippen LogP contribution in [0, 0.1) is 11.8 Å². The number of nitrogens with zero attached hydrogens (tertiary/aromatic N) is 3. The van der Waals surface area contributed by atoms with Gasteiger partial charge in [0.1, 0.15) is 23.5 Å². The Kier molecular flexibility index (Phi) is 10.8. The number of carbonyl (C=O) groups excluding carboxylic acids is 2. The Hall–Kier alpha value is -3.78. The second-order valence-corrected chi connectivity index (χ2v) is 10.6. The number of methoxy groups -OCH3 is 1. The van der Waals surface area contributed by atoms with Crippen molar-refractivity contribution in [1.29, 1.82) is 0 Å². The molecule has 1 heterocycles. The lowest BCUT2D eigenvalue weighted by atomic mass is 10.1. The van der Waals surface area contributed by atoms with Crippen molar-refractivity contribution >= 4 is 57.7 Å². The molecule has 10 nitrogen and oxygen atoms in total. The van der Waals surface area contributed by atoms with Crippen molar-refractivity contribution in [2.45, 2.75) is 45.6 Å². The molecule has 12 heteroatoms. The van der Waals surface area contributed by atoms with Crippen LogP contribution >= 0.6 is 23.2 Å². The topological polar surface area (TPSA) is 118 Å². The first kappa shape index (κ1) is 30.8. The molecule has 1 aromatic heterocycles. The summed E-state index contributed by atoms with van der Waals surface area (Å²) in [6.07, 6.45) is 3.20. The van der Waals surface area contributed by atoms with Crippen LogP contribution in [0.2, 0.25) is 10.0 Å². The minimum Gasteiger partial charge on any atom is -0.495 e. The van der Waals surface area contributed by atoms with Gasteiger partial charge in [-0.05, 0) is 57.9 Å². The van der Waals surface area contributed by atoms with Crippen LogP contribution < -0.4 is 20.8 Å². The van der Waals surface area contributed by atoms with Gasteiger partial charge in [0.15, 0.2) is 0 Å². The summed E-state index contributed by atoms with van der Waals surface area (Å²) in [6.45, 7) is 6.11. The summed E-state index contributed by atoms with van der Waals surface area (Å²) in [5, 5.41) is 8.24. The number of hydrogen-bond acceptors (Lipinski definition) is 7. The Morgan fingerprint density at radius 1 is 1.07 bits per heavy atom. The molecule has 0 saturated carbocycles. The molecule has 0 spiro atoms. The van der Waals surface area contributed by atoms with E-state index in [9.17, 15) is 9.59 Å². The van der Waals surface area contributed by atoms with Crippen LogP contribution in [-0.2, 0) is 4.74 Å². The molecule has 3 aromatic rings.